The number of hydrogen-bond acceptors (Lipinski definition) is 6. The van der Waals surface area contributed by atoms with E-state index in [1.54, 1.807) is 0 Å². The van der Waals surface area contributed by atoms with Gasteiger partial charge in [-0.1, -0.05) is 200 Å². The zero-order chi connectivity index (χ0) is 45.6. The van der Waals surface area contributed by atoms with Crippen molar-refractivity contribution in [3.05, 3.63) is 228 Å². The van der Waals surface area contributed by atoms with Gasteiger partial charge < -0.3 is 0 Å². The maximum atomic E-state index is 4.84. The average molecular weight is 855 g/mol. The Bertz CT molecular complexity index is 3120. The fraction of sp³-hybridized carbons (Fsp3) is 0.100. The van der Waals surface area contributed by atoms with Gasteiger partial charge >= 0.3 is 0 Å². The Hall–Kier alpha value is -8.22. The van der Waals surface area contributed by atoms with Crippen LogP contribution in [0.4, 0.5) is 0 Å². The second kappa shape index (κ2) is 19.3. The second-order valence-corrected chi connectivity index (χ2v) is 16.7. The Morgan fingerprint density at radius 1 is 0.242 bits per heavy atom. The van der Waals surface area contributed by atoms with Crippen molar-refractivity contribution in [2.75, 3.05) is 0 Å². The number of rotatable bonds is 8. The van der Waals surface area contributed by atoms with Crippen LogP contribution in [0.2, 0.25) is 0 Å². The number of benzene rings is 8. The number of aryl methyl sites for hydroxylation is 4. The van der Waals surface area contributed by atoms with Crippen LogP contribution in [0.5, 0.6) is 0 Å². The standard InChI is InChI=1S/C31H27N3.C29H23N3/c1-20-19-21(2)23(4)28(22(20)3)24-15-17-27(18-16-24)31-33-29(25-11-7-5-8-12-25)32-30(34-31)26-13-9-6-10-14-26;1-20-13-14-21(2)26(19-20)22-15-17-25(18-16-22)29-31-27(23-9-5-3-6-10-23)30-28(32-29)24-11-7-4-8-12-24/h5-19H,1-4H3;3-19H,1-2H3. The van der Waals surface area contributed by atoms with Crippen molar-refractivity contribution in [1.29, 1.82) is 0 Å². The van der Waals surface area contributed by atoms with Crippen LogP contribution in [0.15, 0.2) is 194 Å². The zero-order valence-electron chi connectivity index (χ0n) is 38.2. The van der Waals surface area contributed by atoms with Gasteiger partial charge in [-0.15, -0.1) is 0 Å². The first-order valence-electron chi connectivity index (χ1n) is 22.3. The SMILES string of the molecule is Cc1cc(C)c(C)c(-c2ccc(-c3nc(-c4ccccc4)nc(-c4ccccc4)n3)cc2)c1C.Cc1ccc(C)c(-c2ccc(-c3nc(-c4ccccc4)nc(-c4ccccc4)n3)cc2)c1. The molecule has 0 atom stereocenters. The predicted molar refractivity (Wildman–Crippen MR) is 272 cm³/mol. The third kappa shape index (κ3) is 9.49. The molecule has 0 aliphatic carbocycles. The highest BCUT2D eigenvalue weighted by atomic mass is 15.0. The van der Waals surface area contributed by atoms with Gasteiger partial charge in [-0.3, -0.25) is 0 Å². The fourth-order valence-electron chi connectivity index (χ4n) is 8.16. The third-order valence-corrected chi connectivity index (χ3v) is 12.0. The average Bonchev–Trinajstić information content (AvgIpc) is 3.38. The van der Waals surface area contributed by atoms with E-state index in [4.69, 9.17) is 29.9 Å². The lowest BCUT2D eigenvalue weighted by molar-refractivity contribution is 1.07. The van der Waals surface area contributed by atoms with Gasteiger partial charge in [-0.2, -0.15) is 0 Å². The minimum atomic E-state index is 0.672. The molecule has 0 N–H and O–H groups in total. The summed E-state index contributed by atoms with van der Waals surface area (Å²) in [6.45, 7) is 13.0. The molecule has 0 saturated carbocycles. The quantitative estimate of drug-likeness (QED) is 0.151. The molecule has 66 heavy (non-hydrogen) atoms. The Kier molecular flexibility index (Phi) is 12.6. The zero-order valence-corrected chi connectivity index (χ0v) is 38.2. The van der Waals surface area contributed by atoms with Crippen LogP contribution in [0, 0.1) is 41.5 Å². The Morgan fingerprint density at radius 3 is 0.864 bits per heavy atom. The first kappa shape index (κ1) is 43.1. The molecular formula is C60H50N6. The Morgan fingerprint density at radius 2 is 0.530 bits per heavy atom. The molecule has 0 radical (unpaired) electrons. The smallest absolute Gasteiger partial charge is 0.164 e. The van der Waals surface area contributed by atoms with Crippen LogP contribution >= 0.6 is 0 Å². The highest BCUT2D eigenvalue weighted by Crippen LogP contribution is 2.34. The molecule has 320 valence electrons. The largest absolute Gasteiger partial charge is 0.208 e. The minimum absolute atomic E-state index is 0.672. The van der Waals surface area contributed by atoms with Gasteiger partial charge in [0.05, 0.1) is 0 Å². The Balaban J connectivity index is 0.000000166. The summed E-state index contributed by atoms with van der Waals surface area (Å²) in [5.41, 5.74) is 18.6. The Labute approximate surface area is 387 Å². The van der Waals surface area contributed by atoms with Gasteiger partial charge in [0.15, 0.2) is 34.9 Å². The van der Waals surface area contributed by atoms with Gasteiger partial charge in [0.2, 0.25) is 0 Å². The van der Waals surface area contributed by atoms with E-state index in [2.05, 4.69) is 114 Å². The fourth-order valence-corrected chi connectivity index (χ4v) is 8.16. The van der Waals surface area contributed by atoms with Gasteiger partial charge in [-0.25, -0.2) is 29.9 Å². The highest BCUT2D eigenvalue weighted by Gasteiger charge is 2.16. The van der Waals surface area contributed by atoms with E-state index < -0.39 is 0 Å². The van der Waals surface area contributed by atoms with Crippen molar-refractivity contribution in [3.8, 4) is 90.6 Å². The van der Waals surface area contributed by atoms with Crippen LogP contribution in [0.3, 0.4) is 0 Å². The summed E-state index contributed by atoms with van der Waals surface area (Å²) < 4.78 is 0. The summed E-state index contributed by atoms with van der Waals surface area (Å²) in [7, 11) is 0. The molecule has 0 unspecified atom stereocenters. The van der Waals surface area contributed by atoms with Crippen LogP contribution < -0.4 is 0 Å². The number of aromatic nitrogens is 6. The molecule has 6 heteroatoms. The molecule has 2 heterocycles. The molecule has 0 bridgehead atoms. The molecule has 8 aromatic carbocycles. The molecule has 0 spiro atoms. The van der Waals surface area contributed by atoms with Gasteiger partial charge in [0, 0.05) is 33.4 Å². The lowest BCUT2D eigenvalue weighted by atomic mass is 9.89. The molecule has 10 aromatic rings. The van der Waals surface area contributed by atoms with E-state index in [0.29, 0.717) is 34.9 Å². The van der Waals surface area contributed by atoms with E-state index in [-0.39, 0.29) is 0 Å². The summed E-state index contributed by atoms with van der Waals surface area (Å²) in [6, 6.07) is 66.1. The lowest BCUT2D eigenvalue weighted by Crippen LogP contribution is -2.00. The van der Waals surface area contributed by atoms with Crippen molar-refractivity contribution < 1.29 is 0 Å². The molecule has 0 fully saturated rings. The van der Waals surface area contributed by atoms with Gasteiger partial charge in [0.25, 0.3) is 0 Å². The molecule has 0 aliphatic heterocycles. The van der Waals surface area contributed by atoms with Crippen LogP contribution in [-0.4, -0.2) is 29.9 Å². The lowest BCUT2D eigenvalue weighted by Gasteiger charge is -2.16. The molecule has 10 rings (SSSR count). The third-order valence-electron chi connectivity index (χ3n) is 12.0. The number of nitrogens with zero attached hydrogens (tertiary/aromatic N) is 6. The predicted octanol–water partition coefficient (Wildman–Crippen LogP) is 14.9. The molecule has 2 aromatic heterocycles. The minimum Gasteiger partial charge on any atom is -0.208 e. The summed E-state index contributed by atoms with van der Waals surface area (Å²) in [5, 5.41) is 0. The molecule has 0 aliphatic rings. The molecule has 6 nitrogen and oxygen atoms in total. The van der Waals surface area contributed by atoms with Gasteiger partial charge in [-0.05, 0) is 91.6 Å². The van der Waals surface area contributed by atoms with Gasteiger partial charge in [0.1, 0.15) is 0 Å². The summed E-state index contributed by atoms with van der Waals surface area (Å²) >= 11 is 0. The molecular weight excluding hydrogens is 805 g/mol. The van der Waals surface area contributed by atoms with Crippen molar-refractivity contribution in [2.24, 2.45) is 0 Å². The van der Waals surface area contributed by atoms with Crippen molar-refractivity contribution in [1.82, 2.24) is 29.9 Å². The van der Waals surface area contributed by atoms with Crippen LogP contribution in [0.1, 0.15) is 33.4 Å². The van der Waals surface area contributed by atoms with E-state index in [9.17, 15) is 0 Å². The summed E-state index contributed by atoms with van der Waals surface area (Å²) in [5.74, 6) is 4.04. The summed E-state index contributed by atoms with van der Waals surface area (Å²) in [6.07, 6.45) is 0. The normalized spacial score (nSPS) is 10.9. The monoisotopic (exact) mass is 854 g/mol. The molecule has 0 amide bonds. The van der Waals surface area contributed by atoms with E-state index >= 15 is 0 Å². The van der Waals surface area contributed by atoms with Crippen molar-refractivity contribution in [2.45, 2.75) is 41.5 Å². The van der Waals surface area contributed by atoms with Crippen LogP contribution in [-0.2, 0) is 0 Å². The summed E-state index contributed by atoms with van der Waals surface area (Å²) in [4.78, 5) is 28.9. The number of hydrogen-bond donors (Lipinski definition) is 0. The van der Waals surface area contributed by atoms with Crippen LogP contribution in [0.25, 0.3) is 90.6 Å². The van der Waals surface area contributed by atoms with E-state index in [0.717, 1.165) is 33.4 Å². The first-order chi connectivity index (χ1) is 32.2. The maximum absolute atomic E-state index is 4.84. The second-order valence-electron chi connectivity index (χ2n) is 16.7. The highest BCUT2D eigenvalue weighted by molar-refractivity contribution is 5.76. The first-order valence-corrected chi connectivity index (χ1v) is 22.3. The van der Waals surface area contributed by atoms with Crippen molar-refractivity contribution in [3.63, 3.8) is 0 Å². The van der Waals surface area contributed by atoms with E-state index in [1.807, 2.05) is 121 Å². The maximum Gasteiger partial charge on any atom is 0.164 e. The topological polar surface area (TPSA) is 77.3 Å². The molecule has 0 saturated heterocycles. The van der Waals surface area contributed by atoms with Crippen molar-refractivity contribution >= 4 is 0 Å². The van der Waals surface area contributed by atoms with E-state index in [1.165, 1.54) is 55.6 Å².